The van der Waals surface area contributed by atoms with Gasteiger partial charge in [0.2, 0.25) is 0 Å². The SMILES string of the molecule is COc1cccc(-c2nc(CN(Cc3ccccc3)CC3CCCO3)cs2)c1. The molecule has 2 aromatic carbocycles. The lowest BCUT2D eigenvalue weighted by Gasteiger charge is -2.24. The number of nitrogens with zero attached hydrogens (tertiary/aromatic N) is 2. The predicted molar refractivity (Wildman–Crippen MR) is 114 cm³/mol. The molecule has 1 atom stereocenters. The molecule has 1 fully saturated rings. The van der Waals surface area contributed by atoms with Crippen LogP contribution in [0.4, 0.5) is 0 Å². The molecule has 2 heterocycles. The molecule has 0 bridgehead atoms. The molecule has 4 rings (SSSR count). The standard InChI is InChI=1S/C23H26N2O2S/c1-26-21-10-5-9-19(13-21)23-24-20(17-28-23)15-25(16-22-11-6-12-27-22)14-18-7-3-2-4-8-18/h2-5,7-10,13,17,22H,6,11-12,14-16H2,1H3. The summed E-state index contributed by atoms with van der Waals surface area (Å²) in [5.41, 5.74) is 3.53. The zero-order valence-electron chi connectivity index (χ0n) is 16.2. The normalized spacial score (nSPS) is 16.6. The summed E-state index contributed by atoms with van der Waals surface area (Å²) in [5.74, 6) is 0.860. The van der Waals surface area contributed by atoms with Gasteiger partial charge < -0.3 is 9.47 Å². The minimum atomic E-state index is 0.334. The van der Waals surface area contributed by atoms with Crippen molar-refractivity contribution in [2.24, 2.45) is 0 Å². The second-order valence-electron chi connectivity index (χ2n) is 7.17. The molecular weight excluding hydrogens is 368 g/mol. The Morgan fingerprint density at radius 3 is 2.82 bits per heavy atom. The summed E-state index contributed by atoms with van der Waals surface area (Å²) in [5, 5.41) is 3.20. The van der Waals surface area contributed by atoms with E-state index in [1.165, 1.54) is 12.0 Å². The number of thiazole rings is 1. The maximum atomic E-state index is 5.89. The Hall–Kier alpha value is -2.21. The molecule has 0 spiro atoms. The van der Waals surface area contributed by atoms with Gasteiger partial charge in [-0.3, -0.25) is 4.90 Å². The monoisotopic (exact) mass is 394 g/mol. The third-order valence-electron chi connectivity index (χ3n) is 4.99. The number of rotatable bonds is 8. The van der Waals surface area contributed by atoms with E-state index in [4.69, 9.17) is 14.5 Å². The molecule has 0 aliphatic carbocycles. The van der Waals surface area contributed by atoms with Gasteiger partial charge >= 0.3 is 0 Å². The van der Waals surface area contributed by atoms with Crippen LogP contribution in [0, 0.1) is 0 Å². The molecular formula is C23H26N2O2S. The predicted octanol–water partition coefficient (Wildman–Crippen LogP) is 5.00. The largest absolute Gasteiger partial charge is 0.497 e. The van der Waals surface area contributed by atoms with Gasteiger partial charge in [0.25, 0.3) is 0 Å². The van der Waals surface area contributed by atoms with Gasteiger partial charge in [0.05, 0.1) is 18.9 Å². The highest BCUT2D eigenvalue weighted by Crippen LogP contribution is 2.27. The first-order chi connectivity index (χ1) is 13.8. The van der Waals surface area contributed by atoms with Crippen LogP contribution in [0.1, 0.15) is 24.1 Å². The molecule has 28 heavy (non-hydrogen) atoms. The first kappa shape index (κ1) is 19.1. The van der Waals surface area contributed by atoms with E-state index in [1.54, 1.807) is 18.4 Å². The van der Waals surface area contributed by atoms with Gasteiger partial charge in [-0.25, -0.2) is 4.98 Å². The number of methoxy groups -OCH3 is 1. The number of hydrogen-bond donors (Lipinski definition) is 0. The van der Waals surface area contributed by atoms with E-state index in [1.807, 2.05) is 18.2 Å². The van der Waals surface area contributed by atoms with Crippen molar-refractivity contribution in [1.29, 1.82) is 0 Å². The van der Waals surface area contributed by atoms with Crippen LogP contribution in [0.25, 0.3) is 10.6 Å². The van der Waals surface area contributed by atoms with Crippen molar-refractivity contribution in [3.8, 4) is 16.3 Å². The second-order valence-corrected chi connectivity index (χ2v) is 8.02. The molecule has 1 unspecified atom stereocenters. The quantitative estimate of drug-likeness (QED) is 0.538. The fourth-order valence-electron chi connectivity index (χ4n) is 3.60. The fraction of sp³-hybridized carbons (Fsp3) is 0.348. The lowest BCUT2D eigenvalue weighted by atomic mass is 10.1. The first-order valence-corrected chi connectivity index (χ1v) is 10.6. The Balaban J connectivity index is 1.48. The summed E-state index contributed by atoms with van der Waals surface area (Å²) >= 11 is 1.69. The zero-order valence-corrected chi connectivity index (χ0v) is 17.0. The Bertz CT molecular complexity index is 875. The van der Waals surface area contributed by atoms with Crippen LogP contribution in [-0.4, -0.2) is 36.2 Å². The van der Waals surface area contributed by atoms with Crippen molar-refractivity contribution in [3.63, 3.8) is 0 Å². The van der Waals surface area contributed by atoms with Crippen molar-refractivity contribution >= 4 is 11.3 Å². The molecule has 1 aliphatic rings. The van der Waals surface area contributed by atoms with Gasteiger partial charge in [-0.05, 0) is 30.5 Å². The van der Waals surface area contributed by atoms with E-state index in [0.717, 1.165) is 54.7 Å². The molecule has 0 saturated carbocycles. The average molecular weight is 395 g/mol. The topological polar surface area (TPSA) is 34.6 Å². The molecule has 5 heteroatoms. The van der Waals surface area contributed by atoms with Crippen LogP contribution in [0.15, 0.2) is 60.0 Å². The minimum Gasteiger partial charge on any atom is -0.497 e. The summed E-state index contributed by atoms with van der Waals surface area (Å²) in [6.07, 6.45) is 2.65. The van der Waals surface area contributed by atoms with Gasteiger partial charge in [0.1, 0.15) is 10.8 Å². The Morgan fingerprint density at radius 2 is 2.04 bits per heavy atom. The summed E-state index contributed by atoms with van der Waals surface area (Å²) in [6, 6.07) is 18.7. The third-order valence-corrected chi connectivity index (χ3v) is 5.93. The van der Waals surface area contributed by atoms with E-state index in [-0.39, 0.29) is 0 Å². The van der Waals surface area contributed by atoms with Gasteiger partial charge in [0, 0.05) is 37.2 Å². The molecule has 0 amide bonds. The van der Waals surface area contributed by atoms with Gasteiger partial charge in [-0.15, -0.1) is 11.3 Å². The number of aromatic nitrogens is 1. The van der Waals surface area contributed by atoms with Crippen molar-refractivity contribution in [2.45, 2.75) is 32.0 Å². The molecule has 0 N–H and O–H groups in total. The maximum Gasteiger partial charge on any atom is 0.123 e. The molecule has 0 radical (unpaired) electrons. The summed E-state index contributed by atoms with van der Waals surface area (Å²) in [4.78, 5) is 7.35. The molecule has 1 saturated heterocycles. The van der Waals surface area contributed by atoms with Crippen LogP contribution in [-0.2, 0) is 17.8 Å². The summed E-state index contributed by atoms with van der Waals surface area (Å²) < 4.78 is 11.2. The second kappa shape index (κ2) is 9.32. The molecule has 4 nitrogen and oxygen atoms in total. The number of benzene rings is 2. The smallest absolute Gasteiger partial charge is 0.123 e. The maximum absolute atomic E-state index is 5.89. The van der Waals surface area contributed by atoms with Crippen LogP contribution >= 0.6 is 11.3 Å². The molecule has 146 valence electrons. The Kier molecular flexibility index (Phi) is 6.37. The van der Waals surface area contributed by atoms with Crippen molar-refractivity contribution in [1.82, 2.24) is 9.88 Å². The molecule has 1 aromatic heterocycles. The first-order valence-electron chi connectivity index (χ1n) is 9.77. The lowest BCUT2D eigenvalue weighted by Crippen LogP contribution is -2.31. The van der Waals surface area contributed by atoms with E-state index >= 15 is 0 Å². The minimum absolute atomic E-state index is 0.334. The van der Waals surface area contributed by atoms with Crippen LogP contribution in [0.3, 0.4) is 0 Å². The van der Waals surface area contributed by atoms with Gasteiger partial charge in [0.15, 0.2) is 0 Å². The number of ether oxygens (including phenoxy) is 2. The van der Waals surface area contributed by atoms with Gasteiger partial charge in [-0.1, -0.05) is 42.5 Å². The summed E-state index contributed by atoms with van der Waals surface area (Å²) in [7, 11) is 1.69. The highest BCUT2D eigenvalue weighted by Gasteiger charge is 2.20. The molecule has 3 aromatic rings. The van der Waals surface area contributed by atoms with Crippen molar-refractivity contribution < 1.29 is 9.47 Å². The van der Waals surface area contributed by atoms with E-state index in [0.29, 0.717) is 6.10 Å². The lowest BCUT2D eigenvalue weighted by molar-refractivity contribution is 0.0675. The average Bonchev–Trinajstić information content (AvgIpc) is 3.41. The summed E-state index contributed by atoms with van der Waals surface area (Å²) in [6.45, 7) is 3.57. The Labute approximate surface area is 170 Å². The zero-order chi connectivity index (χ0) is 19.2. The third kappa shape index (κ3) is 4.98. The fourth-order valence-corrected chi connectivity index (χ4v) is 4.41. The van der Waals surface area contributed by atoms with E-state index in [2.05, 4.69) is 46.7 Å². The Morgan fingerprint density at radius 1 is 1.14 bits per heavy atom. The van der Waals surface area contributed by atoms with E-state index in [9.17, 15) is 0 Å². The van der Waals surface area contributed by atoms with Crippen molar-refractivity contribution in [2.75, 3.05) is 20.3 Å². The van der Waals surface area contributed by atoms with E-state index < -0.39 is 0 Å². The highest BCUT2D eigenvalue weighted by atomic mass is 32.1. The molecule has 1 aliphatic heterocycles. The highest BCUT2D eigenvalue weighted by molar-refractivity contribution is 7.13. The van der Waals surface area contributed by atoms with Crippen molar-refractivity contribution in [3.05, 3.63) is 71.2 Å². The van der Waals surface area contributed by atoms with Crippen LogP contribution < -0.4 is 4.74 Å². The number of hydrogen-bond acceptors (Lipinski definition) is 5. The van der Waals surface area contributed by atoms with Gasteiger partial charge in [-0.2, -0.15) is 0 Å². The van der Waals surface area contributed by atoms with Crippen LogP contribution in [0.5, 0.6) is 5.75 Å². The van der Waals surface area contributed by atoms with Crippen LogP contribution in [0.2, 0.25) is 0 Å².